The Bertz CT molecular complexity index is 453. The van der Waals surface area contributed by atoms with Crippen LogP contribution in [0, 0.1) is 0 Å². The van der Waals surface area contributed by atoms with Gasteiger partial charge in [0.25, 0.3) is 0 Å². The van der Waals surface area contributed by atoms with Gasteiger partial charge in [0, 0.05) is 4.91 Å². The number of benzene rings is 1. The van der Waals surface area contributed by atoms with E-state index in [4.69, 9.17) is 0 Å². The lowest BCUT2D eigenvalue weighted by molar-refractivity contribution is 0.602. The van der Waals surface area contributed by atoms with Crippen LogP contribution >= 0.6 is 0 Å². The normalized spacial score (nSPS) is 10.9. The smallest absolute Gasteiger partial charge is 0.201 e. The molecule has 0 aromatic heterocycles. The molecular formula is C11H12O2S. The average molecular weight is 208 g/mol. The first-order valence-electron chi connectivity index (χ1n) is 4.11. The molecule has 0 aliphatic carbocycles. The summed E-state index contributed by atoms with van der Waals surface area (Å²) in [5.41, 5.74) is 0.894. The molecule has 0 heterocycles. The predicted molar refractivity (Wildman–Crippen MR) is 58.5 cm³/mol. The number of rotatable bonds is 3. The Hall–Kier alpha value is -1.35. The van der Waals surface area contributed by atoms with Crippen LogP contribution in [0.4, 0.5) is 0 Å². The van der Waals surface area contributed by atoms with Crippen molar-refractivity contribution < 1.29 is 8.42 Å². The molecule has 14 heavy (non-hydrogen) atoms. The Balaban J connectivity index is 3.23. The molecule has 0 atom stereocenters. The first-order chi connectivity index (χ1) is 6.48. The van der Waals surface area contributed by atoms with Crippen LogP contribution in [-0.4, -0.2) is 8.42 Å². The summed E-state index contributed by atoms with van der Waals surface area (Å²) in [7, 11) is -3.33. The van der Waals surface area contributed by atoms with E-state index >= 15 is 0 Å². The van der Waals surface area contributed by atoms with Crippen molar-refractivity contribution in [1.29, 1.82) is 0 Å². The van der Waals surface area contributed by atoms with Gasteiger partial charge in [0.1, 0.15) is 0 Å². The third kappa shape index (κ3) is 1.93. The van der Waals surface area contributed by atoms with Crippen LogP contribution in [-0.2, 0) is 9.84 Å². The van der Waals surface area contributed by atoms with E-state index in [2.05, 4.69) is 13.2 Å². The van der Waals surface area contributed by atoms with Crippen molar-refractivity contribution in [2.75, 3.05) is 0 Å². The second kappa shape index (κ2) is 3.80. The van der Waals surface area contributed by atoms with Gasteiger partial charge in [0.2, 0.25) is 9.84 Å². The van der Waals surface area contributed by atoms with Gasteiger partial charge in [0.15, 0.2) is 0 Å². The third-order valence-electron chi connectivity index (χ3n) is 1.88. The van der Waals surface area contributed by atoms with Crippen LogP contribution in [0.1, 0.15) is 12.5 Å². The molecule has 0 aliphatic rings. The van der Waals surface area contributed by atoms with Crippen LogP contribution < -0.4 is 0 Å². The summed E-state index contributed by atoms with van der Waals surface area (Å²) in [6.45, 7) is 8.51. The molecule has 0 saturated carbocycles. The SMILES string of the molecule is C=Cc1ccc(S(=O)(=O)C(=C)C)cc1. The van der Waals surface area contributed by atoms with Crippen molar-refractivity contribution in [1.82, 2.24) is 0 Å². The zero-order valence-electron chi connectivity index (χ0n) is 8.03. The highest BCUT2D eigenvalue weighted by molar-refractivity contribution is 7.95. The number of hydrogen-bond donors (Lipinski definition) is 0. The molecule has 0 unspecified atom stereocenters. The molecular weight excluding hydrogens is 196 g/mol. The summed E-state index contributed by atoms with van der Waals surface area (Å²) in [6, 6.07) is 6.54. The van der Waals surface area contributed by atoms with Gasteiger partial charge in [-0.2, -0.15) is 0 Å². The van der Waals surface area contributed by atoms with Crippen molar-refractivity contribution in [3.63, 3.8) is 0 Å². The van der Waals surface area contributed by atoms with Gasteiger partial charge in [-0.25, -0.2) is 8.42 Å². The van der Waals surface area contributed by atoms with E-state index < -0.39 is 9.84 Å². The first-order valence-corrected chi connectivity index (χ1v) is 5.60. The molecule has 0 N–H and O–H groups in total. The fraction of sp³-hybridized carbons (Fsp3) is 0.0909. The van der Waals surface area contributed by atoms with E-state index in [0.717, 1.165) is 5.56 Å². The van der Waals surface area contributed by atoms with E-state index in [1.54, 1.807) is 30.3 Å². The summed E-state index contributed by atoms with van der Waals surface area (Å²) >= 11 is 0. The second-order valence-electron chi connectivity index (χ2n) is 2.98. The Morgan fingerprint density at radius 3 is 2.14 bits per heavy atom. The fourth-order valence-corrected chi connectivity index (χ4v) is 1.88. The molecule has 74 valence electrons. The fourth-order valence-electron chi connectivity index (χ4n) is 0.984. The van der Waals surface area contributed by atoms with Crippen molar-refractivity contribution >= 4 is 15.9 Å². The first kappa shape index (κ1) is 10.7. The summed E-state index contributed by atoms with van der Waals surface area (Å²) < 4.78 is 23.2. The zero-order chi connectivity index (χ0) is 10.8. The Labute approximate surface area is 84.5 Å². The minimum absolute atomic E-state index is 0.156. The summed E-state index contributed by atoms with van der Waals surface area (Å²) in [5, 5.41) is 0. The zero-order valence-corrected chi connectivity index (χ0v) is 8.84. The molecule has 1 aromatic carbocycles. The van der Waals surface area contributed by atoms with Crippen molar-refractivity contribution in [3.05, 3.63) is 47.9 Å². The second-order valence-corrected chi connectivity index (χ2v) is 5.15. The third-order valence-corrected chi connectivity index (χ3v) is 3.70. The standard InChI is InChI=1S/C11H12O2S/c1-4-10-5-7-11(8-6-10)14(12,13)9(2)3/h4-8H,1-2H2,3H3. The largest absolute Gasteiger partial charge is 0.219 e. The molecule has 0 radical (unpaired) electrons. The number of allylic oxidation sites excluding steroid dienone is 1. The minimum Gasteiger partial charge on any atom is -0.219 e. The number of sulfone groups is 1. The van der Waals surface area contributed by atoms with Gasteiger partial charge >= 0.3 is 0 Å². The maximum atomic E-state index is 11.6. The van der Waals surface area contributed by atoms with Gasteiger partial charge in [-0.1, -0.05) is 31.4 Å². The minimum atomic E-state index is -3.33. The summed E-state index contributed by atoms with van der Waals surface area (Å²) in [4.78, 5) is 0.430. The van der Waals surface area contributed by atoms with Crippen molar-refractivity contribution in [3.8, 4) is 0 Å². The van der Waals surface area contributed by atoms with Crippen LogP contribution in [0.2, 0.25) is 0 Å². The van der Waals surface area contributed by atoms with Gasteiger partial charge in [-0.15, -0.1) is 0 Å². The molecule has 1 aromatic rings. The van der Waals surface area contributed by atoms with E-state index in [0.29, 0.717) is 0 Å². The molecule has 0 amide bonds. The predicted octanol–water partition coefficient (Wildman–Crippen LogP) is 2.64. The van der Waals surface area contributed by atoms with E-state index in [9.17, 15) is 8.42 Å². The molecule has 3 heteroatoms. The summed E-state index contributed by atoms with van der Waals surface area (Å²) in [6.07, 6.45) is 1.66. The Kier molecular flexibility index (Phi) is 2.91. The lowest BCUT2D eigenvalue weighted by atomic mass is 10.2. The van der Waals surface area contributed by atoms with E-state index in [1.807, 2.05) is 0 Å². The van der Waals surface area contributed by atoms with Crippen LogP contribution in [0.5, 0.6) is 0 Å². The van der Waals surface area contributed by atoms with Gasteiger partial charge < -0.3 is 0 Å². The van der Waals surface area contributed by atoms with E-state index in [-0.39, 0.29) is 9.80 Å². The Morgan fingerprint density at radius 1 is 1.29 bits per heavy atom. The molecule has 0 aliphatic heterocycles. The van der Waals surface area contributed by atoms with Gasteiger partial charge in [0.05, 0.1) is 4.90 Å². The molecule has 0 spiro atoms. The highest BCUT2D eigenvalue weighted by Gasteiger charge is 2.14. The topological polar surface area (TPSA) is 34.1 Å². The molecule has 1 rings (SSSR count). The molecule has 0 fully saturated rings. The Morgan fingerprint density at radius 2 is 1.79 bits per heavy atom. The van der Waals surface area contributed by atoms with Gasteiger partial charge in [-0.05, 0) is 24.6 Å². The highest BCUT2D eigenvalue weighted by atomic mass is 32.2. The highest BCUT2D eigenvalue weighted by Crippen LogP contribution is 2.18. The maximum absolute atomic E-state index is 11.6. The lowest BCUT2D eigenvalue weighted by Gasteiger charge is -2.02. The van der Waals surface area contributed by atoms with Crippen molar-refractivity contribution in [2.24, 2.45) is 0 Å². The monoisotopic (exact) mass is 208 g/mol. The van der Waals surface area contributed by atoms with Crippen molar-refractivity contribution in [2.45, 2.75) is 11.8 Å². The molecule has 0 bridgehead atoms. The lowest BCUT2D eigenvalue weighted by Crippen LogP contribution is -2.00. The van der Waals surface area contributed by atoms with Gasteiger partial charge in [-0.3, -0.25) is 0 Å². The van der Waals surface area contributed by atoms with Crippen LogP contribution in [0.3, 0.4) is 0 Å². The summed E-state index contributed by atoms with van der Waals surface area (Å²) in [5.74, 6) is 0. The number of hydrogen-bond acceptors (Lipinski definition) is 2. The average Bonchev–Trinajstić information content (AvgIpc) is 2.17. The quantitative estimate of drug-likeness (QED) is 0.765. The maximum Gasteiger partial charge on any atom is 0.201 e. The van der Waals surface area contributed by atoms with Crippen LogP contribution in [0.15, 0.2) is 47.2 Å². The van der Waals surface area contributed by atoms with E-state index in [1.165, 1.54) is 6.92 Å². The molecule has 0 saturated heterocycles. The molecule has 2 nitrogen and oxygen atoms in total. The van der Waals surface area contributed by atoms with Crippen LogP contribution in [0.25, 0.3) is 6.08 Å².